The predicted octanol–water partition coefficient (Wildman–Crippen LogP) is 4.80. The summed E-state index contributed by atoms with van der Waals surface area (Å²) in [6.45, 7) is 5.94. The van der Waals surface area contributed by atoms with Gasteiger partial charge in [0, 0.05) is 6.61 Å². The maximum Gasteiger partial charge on any atom is 0.0577 e. The van der Waals surface area contributed by atoms with Gasteiger partial charge in [-0.05, 0) is 81.0 Å². The molecule has 3 fully saturated rings. The monoisotopic (exact) mass is 250 g/mol. The number of ether oxygens (including phenoxy) is 1. The molecular weight excluding hydrogens is 220 g/mol. The van der Waals surface area contributed by atoms with Crippen molar-refractivity contribution in [2.45, 2.75) is 77.7 Å². The standard InChI is InChI=1S/C17H30O/c1-13(2)17-7-6-14(11-17)9-15(12-17)10-16-5-3-4-8-18-16/h13-16H,3-12H2,1-2H3. The van der Waals surface area contributed by atoms with Gasteiger partial charge in [-0.2, -0.15) is 0 Å². The van der Waals surface area contributed by atoms with Crippen LogP contribution in [0.3, 0.4) is 0 Å². The van der Waals surface area contributed by atoms with Crippen LogP contribution in [-0.2, 0) is 4.74 Å². The minimum absolute atomic E-state index is 0.602. The second-order valence-electron chi connectivity index (χ2n) is 7.66. The van der Waals surface area contributed by atoms with Crippen LogP contribution in [0.25, 0.3) is 0 Å². The lowest BCUT2D eigenvalue weighted by Crippen LogP contribution is -2.33. The molecule has 18 heavy (non-hydrogen) atoms. The Morgan fingerprint density at radius 2 is 2.06 bits per heavy atom. The quantitative estimate of drug-likeness (QED) is 0.699. The fourth-order valence-corrected chi connectivity index (χ4v) is 5.09. The molecule has 2 saturated carbocycles. The average Bonchev–Trinajstić information content (AvgIpc) is 2.68. The first kappa shape index (κ1) is 13.0. The van der Waals surface area contributed by atoms with Gasteiger partial charge in [0.15, 0.2) is 0 Å². The van der Waals surface area contributed by atoms with Gasteiger partial charge in [-0.3, -0.25) is 0 Å². The molecular formula is C17H30O. The molecule has 2 aliphatic carbocycles. The van der Waals surface area contributed by atoms with E-state index in [9.17, 15) is 0 Å². The summed E-state index contributed by atoms with van der Waals surface area (Å²) in [5.41, 5.74) is 0.711. The Morgan fingerprint density at radius 1 is 1.17 bits per heavy atom. The average molecular weight is 250 g/mol. The van der Waals surface area contributed by atoms with Gasteiger partial charge in [-0.15, -0.1) is 0 Å². The van der Waals surface area contributed by atoms with Crippen LogP contribution < -0.4 is 0 Å². The van der Waals surface area contributed by atoms with E-state index in [4.69, 9.17) is 4.74 Å². The molecule has 0 aromatic carbocycles. The minimum Gasteiger partial charge on any atom is -0.378 e. The normalized spacial score (nSPS) is 44.5. The van der Waals surface area contributed by atoms with Crippen molar-refractivity contribution in [2.24, 2.45) is 23.2 Å². The Bertz CT molecular complexity index is 279. The van der Waals surface area contributed by atoms with Gasteiger partial charge in [-0.1, -0.05) is 13.8 Å². The molecule has 0 aromatic heterocycles. The molecule has 0 spiro atoms. The highest BCUT2D eigenvalue weighted by molar-refractivity contribution is 4.98. The van der Waals surface area contributed by atoms with Gasteiger partial charge in [0.05, 0.1) is 6.10 Å². The lowest BCUT2D eigenvalue weighted by molar-refractivity contribution is -0.0137. The SMILES string of the molecule is CC(C)C12CCC(CC(CC3CCCCO3)C1)C2. The fourth-order valence-electron chi connectivity index (χ4n) is 5.09. The third-order valence-electron chi connectivity index (χ3n) is 6.20. The Hall–Kier alpha value is -0.0400. The van der Waals surface area contributed by atoms with Crippen molar-refractivity contribution >= 4 is 0 Å². The van der Waals surface area contributed by atoms with E-state index in [1.807, 2.05) is 0 Å². The zero-order valence-electron chi connectivity index (χ0n) is 12.3. The zero-order chi connectivity index (χ0) is 12.6. The van der Waals surface area contributed by atoms with Crippen LogP contribution in [0.2, 0.25) is 0 Å². The molecule has 3 rings (SSSR count). The smallest absolute Gasteiger partial charge is 0.0577 e. The van der Waals surface area contributed by atoms with E-state index in [0.717, 1.165) is 24.4 Å². The highest BCUT2D eigenvalue weighted by Gasteiger charge is 2.47. The molecule has 0 amide bonds. The Labute approximate surface area is 113 Å². The summed E-state index contributed by atoms with van der Waals surface area (Å²) < 4.78 is 5.96. The Kier molecular flexibility index (Phi) is 3.71. The van der Waals surface area contributed by atoms with Gasteiger partial charge in [-0.25, -0.2) is 0 Å². The molecule has 0 N–H and O–H groups in total. The molecule has 2 bridgehead atoms. The molecule has 1 heteroatoms. The van der Waals surface area contributed by atoms with E-state index in [0.29, 0.717) is 11.5 Å². The lowest BCUT2D eigenvalue weighted by atomic mass is 9.64. The van der Waals surface area contributed by atoms with E-state index in [2.05, 4.69) is 13.8 Å². The molecule has 0 aromatic rings. The molecule has 1 nitrogen and oxygen atoms in total. The molecule has 1 heterocycles. The van der Waals surface area contributed by atoms with E-state index in [-0.39, 0.29) is 0 Å². The maximum atomic E-state index is 5.96. The number of fused-ring (bicyclic) bond motifs is 2. The molecule has 1 aliphatic heterocycles. The second-order valence-corrected chi connectivity index (χ2v) is 7.66. The van der Waals surface area contributed by atoms with Crippen molar-refractivity contribution in [3.63, 3.8) is 0 Å². The Morgan fingerprint density at radius 3 is 2.78 bits per heavy atom. The van der Waals surface area contributed by atoms with Crippen LogP contribution in [0.15, 0.2) is 0 Å². The second kappa shape index (κ2) is 5.15. The van der Waals surface area contributed by atoms with Gasteiger partial charge in [0.1, 0.15) is 0 Å². The van der Waals surface area contributed by atoms with Gasteiger partial charge >= 0.3 is 0 Å². The summed E-state index contributed by atoms with van der Waals surface area (Å²) in [5, 5.41) is 0. The third-order valence-corrected chi connectivity index (χ3v) is 6.20. The van der Waals surface area contributed by atoms with E-state index >= 15 is 0 Å². The van der Waals surface area contributed by atoms with Crippen LogP contribution in [0.5, 0.6) is 0 Å². The van der Waals surface area contributed by atoms with Crippen LogP contribution in [-0.4, -0.2) is 12.7 Å². The first-order valence-corrected chi connectivity index (χ1v) is 8.29. The topological polar surface area (TPSA) is 9.23 Å². The van der Waals surface area contributed by atoms with Gasteiger partial charge in [0.25, 0.3) is 0 Å². The van der Waals surface area contributed by atoms with Crippen LogP contribution in [0.1, 0.15) is 71.6 Å². The lowest BCUT2D eigenvalue weighted by Gasteiger charge is -2.42. The molecule has 1 saturated heterocycles. The Balaban J connectivity index is 1.60. The largest absolute Gasteiger partial charge is 0.378 e. The van der Waals surface area contributed by atoms with Crippen molar-refractivity contribution in [3.05, 3.63) is 0 Å². The van der Waals surface area contributed by atoms with Crippen LogP contribution >= 0.6 is 0 Å². The third kappa shape index (κ3) is 2.48. The summed E-state index contributed by atoms with van der Waals surface area (Å²) >= 11 is 0. The summed E-state index contributed by atoms with van der Waals surface area (Å²) in [5.74, 6) is 2.91. The predicted molar refractivity (Wildman–Crippen MR) is 75.5 cm³/mol. The first-order chi connectivity index (χ1) is 8.68. The van der Waals surface area contributed by atoms with Crippen molar-refractivity contribution in [3.8, 4) is 0 Å². The van der Waals surface area contributed by atoms with Crippen LogP contribution in [0.4, 0.5) is 0 Å². The van der Waals surface area contributed by atoms with Crippen molar-refractivity contribution in [2.75, 3.05) is 6.61 Å². The summed E-state index contributed by atoms with van der Waals surface area (Å²) in [6, 6.07) is 0. The number of hydrogen-bond donors (Lipinski definition) is 0. The van der Waals surface area contributed by atoms with E-state index in [1.54, 1.807) is 0 Å². The number of hydrogen-bond acceptors (Lipinski definition) is 1. The van der Waals surface area contributed by atoms with Crippen molar-refractivity contribution in [1.29, 1.82) is 0 Å². The van der Waals surface area contributed by atoms with E-state index < -0.39 is 0 Å². The molecule has 0 radical (unpaired) electrons. The highest BCUT2D eigenvalue weighted by Crippen LogP contribution is 2.57. The van der Waals surface area contributed by atoms with Gasteiger partial charge < -0.3 is 4.74 Å². The van der Waals surface area contributed by atoms with Crippen LogP contribution in [0, 0.1) is 23.2 Å². The molecule has 3 aliphatic rings. The first-order valence-electron chi connectivity index (χ1n) is 8.29. The maximum absolute atomic E-state index is 5.96. The summed E-state index contributed by atoms with van der Waals surface area (Å²) in [7, 11) is 0. The van der Waals surface area contributed by atoms with Crippen molar-refractivity contribution < 1.29 is 4.74 Å². The zero-order valence-corrected chi connectivity index (χ0v) is 12.3. The molecule has 4 atom stereocenters. The highest BCUT2D eigenvalue weighted by atomic mass is 16.5. The minimum atomic E-state index is 0.602. The number of rotatable bonds is 3. The molecule has 104 valence electrons. The van der Waals surface area contributed by atoms with E-state index in [1.165, 1.54) is 57.8 Å². The summed E-state index contributed by atoms with van der Waals surface area (Å²) in [6.07, 6.45) is 13.6. The summed E-state index contributed by atoms with van der Waals surface area (Å²) in [4.78, 5) is 0. The van der Waals surface area contributed by atoms with Crippen molar-refractivity contribution in [1.82, 2.24) is 0 Å². The molecule has 4 unspecified atom stereocenters. The fraction of sp³-hybridized carbons (Fsp3) is 1.00. The van der Waals surface area contributed by atoms with Gasteiger partial charge in [0.2, 0.25) is 0 Å².